The van der Waals surface area contributed by atoms with Crippen molar-refractivity contribution in [3.8, 4) is 0 Å². The Hall–Kier alpha value is -1.56. The minimum Gasteiger partial charge on any atom is -0.367 e. The van der Waals surface area contributed by atoms with Gasteiger partial charge < -0.3 is 5.32 Å². The van der Waals surface area contributed by atoms with Crippen LogP contribution < -0.4 is 5.32 Å². The zero-order valence-electron chi connectivity index (χ0n) is 9.76. The van der Waals surface area contributed by atoms with Crippen molar-refractivity contribution in [3.63, 3.8) is 0 Å². The van der Waals surface area contributed by atoms with Crippen molar-refractivity contribution in [2.24, 2.45) is 0 Å². The van der Waals surface area contributed by atoms with Crippen LogP contribution in [0.3, 0.4) is 0 Å². The maximum Gasteiger partial charge on any atom is 0.166 e. The van der Waals surface area contributed by atoms with Gasteiger partial charge >= 0.3 is 0 Å². The van der Waals surface area contributed by atoms with Crippen LogP contribution in [-0.2, 0) is 6.42 Å². The Labute approximate surface area is 116 Å². The average molecular weight is 331 g/mol. The van der Waals surface area contributed by atoms with Gasteiger partial charge in [0, 0.05) is 23.3 Å². The molecule has 0 radical (unpaired) electrons. The zero-order valence-corrected chi connectivity index (χ0v) is 11.3. The number of nitrogens with one attached hydrogen (secondary N) is 1. The number of benzene rings is 1. The zero-order chi connectivity index (χ0) is 13.8. The van der Waals surface area contributed by atoms with Crippen molar-refractivity contribution in [2.75, 3.05) is 11.9 Å². The minimum absolute atomic E-state index is 0.111. The quantitative estimate of drug-likeness (QED) is 0.919. The third kappa shape index (κ3) is 3.96. The highest BCUT2D eigenvalue weighted by molar-refractivity contribution is 9.10. The number of hydrogen-bond donors (Lipinski definition) is 1. The second kappa shape index (κ2) is 6.06. The summed E-state index contributed by atoms with van der Waals surface area (Å²) in [5.41, 5.74) is 0.502. The summed E-state index contributed by atoms with van der Waals surface area (Å²) in [6, 6.07) is 4.59. The number of aromatic nitrogens is 1. The van der Waals surface area contributed by atoms with Crippen molar-refractivity contribution in [3.05, 3.63) is 58.0 Å². The van der Waals surface area contributed by atoms with Crippen LogP contribution in [0.2, 0.25) is 0 Å². The van der Waals surface area contributed by atoms with Crippen molar-refractivity contribution in [1.82, 2.24) is 4.98 Å². The maximum absolute atomic E-state index is 13.4. The summed E-state index contributed by atoms with van der Waals surface area (Å²) < 4.78 is 39.9. The van der Waals surface area contributed by atoms with Crippen LogP contribution in [0.1, 0.15) is 5.56 Å². The first-order valence-electron chi connectivity index (χ1n) is 5.54. The molecule has 0 aliphatic carbocycles. The van der Waals surface area contributed by atoms with Crippen LogP contribution in [0.4, 0.5) is 19.0 Å². The molecule has 0 aliphatic rings. The van der Waals surface area contributed by atoms with E-state index in [4.69, 9.17) is 0 Å². The fourth-order valence-electron chi connectivity index (χ4n) is 1.63. The summed E-state index contributed by atoms with van der Waals surface area (Å²) in [7, 11) is 0. The van der Waals surface area contributed by atoms with E-state index in [1.54, 1.807) is 0 Å². The maximum atomic E-state index is 13.4. The molecule has 19 heavy (non-hydrogen) atoms. The molecule has 2 nitrogen and oxygen atoms in total. The van der Waals surface area contributed by atoms with Crippen molar-refractivity contribution in [2.45, 2.75) is 6.42 Å². The van der Waals surface area contributed by atoms with Gasteiger partial charge in [-0.05, 0) is 46.1 Å². The molecule has 0 spiro atoms. The van der Waals surface area contributed by atoms with Gasteiger partial charge in [0.15, 0.2) is 11.6 Å². The molecule has 1 heterocycles. The van der Waals surface area contributed by atoms with Crippen molar-refractivity contribution >= 4 is 21.7 Å². The van der Waals surface area contributed by atoms with E-state index in [0.717, 1.165) is 6.07 Å². The van der Waals surface area contributed by atoms with E-state index >= 15 is 0 Å². The molecule has 1 aromatic heterocycles. The van der Waals surface area contributed by atoms with Gasteiger partial charge in [-0.2, -0.15) is 0 Å². The third-order valence-corrected chi connectivity index (χ3v) is 2.87. The number of pyridine rings is 1. The molecule has 1 aromatic carbocycles. The van der Waals surface area contributed by atoms with Crippen LogP contribution in [0.15, 0.2) is 34.9 Å². The molecular formula is C13H10BrF3N2. The Kier molecular flexibility index (Phi) is 4.42. The van der Waals surface area contributed by atoms with Gasteiger partial charge in [-0.3, -0.25) is 0 Å². The standard InChI is InChI=1S/C13H10BrF3N2/c14-9-5-12(17)13(19-7-9)18-2-1-8-3-10(15)6-11(16)4-8/h3-7H,1-2H2,(H,18,19). The van der Waals surface area contributed by atoms with Gasteiger partial charge in [0.2, 0.25) is 0 Å². The summed E-state index contributed by atoms with van der Waals surface area (Å²) >= 11 is 3.10. The second-order valence-electron chi connectivity index (χ2n) is 3.94. The van der Waals surface area contributed by atoms with Crippen molar-refractivity contribution in [1.29, 1.82) is 0 Å². The molecule has 0 saturated carbocycles. The molecule has 6 heteroatoms. The molecule has 0 unspecified atom stereocenters. The molecule has 0 aliphatic heterocycles. The highest BCUT2D eigenvalue weighted by Gasteiger charge is 2.05. The first kappa shape index (κ1) is 13.9. The van der Waals surface area contributed by atoms with Gasteiger partial charge in [-0.25, -0.2) is 18.2 Å². The fraction of sp³-hybridized carbons (Fsp3) is 0.154. The topological polar surface area (TPSA) is 24.9 Å². The van der Waals surface area contributed by atoms with Gasteiger partial charge in [-0.1, -0.05) is 0 Å². The molecule has 100 valence electrons. The SMILES string of the molecule is Fc1cc(F)cc(CCNc2ncc(Br)cc2F)c1. The molecule has 0 fully saturated rings. The summed E-state index contributed by atoms with van der Waals surface area (Å²) in [6.45, 7) is 0.328. The molecule has 2 rings (SSSR count). The highest BCUT2D eigenvalue weighted by atomic mass is 79.9. The van der Waals surface area contributed by atoms with Gasteiger partial charge in [0.1, 0.15) is 11.6 Å². The summed E-state index contributed by atoms with van der Waals surface area (Å²) in [5.74, 6) is -1.62. The smallest absolute Gasteiger partial charge is 0.166 e. The van der Waals surface area contributed by atoms with Crippen LogP contribution in [0.25, 0.3) is 0 Å². The average Bonchev–Trinajstić information content (AvgIpc) is 2.30. The van der Waals surface area contributed by atoms with Gasteiger partial charge in [0.05, 0.1) is 0 Å². The number of anilines is 1. The van der Waals surface area contributed by atoms with Crippen LogP contribution in [-0.4, -0.2) is 11.5 Å². The lowest BCUT2D eigenvalue weighted by Gasteiger charge is -2.07. The molecule has 0 atom stereocenters. The summed E-state index contributed by atoms with van der Waals surface area (Å²) in [5, 5.41) is 2.78. The summed E-state index contributed by atoms with van der Waals surface area (Å²) in [6.07, 6.45) is 1.83. The minimum atomic E-state index is -0.622. The van der Waals surface area contributed by atoms with E-state index < -0.39 is 17.5 Å². The Morgan fingerprint density at radius 1 is 1.05 bits per heavy atom. The third-order valence-electron chi connectivity index (χ3n) is 2.44. The number of nitrogens with zero attached hydrogens (tertiary/aromatic N) is 1. The molecular weight excluding hydrogens is 321 g/mol. The van der Waals surface area contributed by atoms with E-state index in [2.05, 4.69) is 26.2 Å². The molecule has 2 aromatic rings. The predicted molar refractivity (Wildman–Crippen MR) is 70.4 cm³/mol. The first-order chi connectivity index (χ1) is 9.04. The van der Waals surface area contributed by atoms with Gasteiger partial charge in [-0.15, -0.1) is 0 Å². The van der Waals surface area contributed by atoms with Gasteiger partial charge in [0.25, 0.3) is 0 Å². The lowest BCUT2D eigenvalue weighted by molar-refractivity contribution is 0.579. The van der Waals surface area contributed by atoms with Crippen LogP contribution in [0, 0.1) is 17.5 Å². The predicted octanol–water partition coefficient (Wildman–Crippen LogP) is 3.92. The van der Waals surface area contributed by atoms with Crippen LogP contribution >= 0.6 is 15.9 Å². The van der Waals surface area contributed by atoms with Crippen LogP contribution in [0.5, 0.6) is 0 Å². The Morgan fingerprint density at radius 3 is 2.37 bits per heavy atom. The number of rotatable bonds is 4. The van der Waals surface area contributed by atoms with E-state index in [-0.39, 0.29) is 5.82 Å². The molecule has 0 bridgehead atoms. The Bertz CT molecular complexity index is 570. The number of halogens is 4. The Balaban J connectivity index is 1.96. The second-order valence-corrected chi connectivity index (χ2v) is 4.85. The lowest BCUT2D eigenvalue weighted by Crippen LogP contribution is -2.08. The fourth-order valence-corrected chi connectivity index (χ4v) is 1.93. The van der Waals surface area contributed by atoms with E-state index in [1.165, 1.54) is 24.4 Å². The van der Waals surface area contributed by atoms with E-state index in [0.29, 0.717) is 23.0 Å². The number of hydrogen-bond acceptors (Lipinski definition) is 2. The van der Waals surface area contributed by atoms with Crippen molar-refractivity contribution < 1.29 is 13.2 Å². The van der Waals surface area contributed by atoms with E-state index in [1.807, 2.05) is 0 Å². The molecule has 1 N–H and O–H groups in total. The normalized spacial score (nSPS) is 10.5. The van der Waals surface area contributed by atoms with E-state index in [9.17, 15) is 13.2 Å². The largest absolute Gasteiger partial charge is 0.367 e. The molecule has 0 saturated heterocycles. The monoisotopic (exact) mass is 330 g/mol. The molecule has 0 amide bonds. The Morgan fingerprint density at radius 2 is 1.74 bits per heavy atom. The highest BCUT2D eigenvalue weighted by Crippen LogP contribution is 2.16. The lowest BCUT2D eigenvalue weighted by atomic mass is 10.1. The summed E-state index contributed by atoms with van der Waals surface area (Å²) in [4.78, 5) is 3.86. The first-order valence-corrected chi connectivity index (χ1v) is 6.34.